The molecule has 2 heterocycles. The van der Waals surface area contributed by atoms with Gasteiger partial charge in [0.05, 0.1) is 11.1 Å². The van der Waals surface area contributed by atoms with Crippen LogP contribution in [0.5, 0.6) is 0 Å². The molecule has 9 aromatic carbocycles. The Morgan fingerprint density at radius 2 is 1.06 bits per heavy atom. The molecule has 0 bridgehead atoms. The molecule has 0 aliphatic carbocycles. The number of thiophene rings is 1. The van der Waals surface area contributed by atoms with Gasteiger partial charge in [0, 0.05) is 36.9 Å². The van der Waals surface area contributed by atoms with Gasteiger partial charge >= 0.3 is 0 Å². The number of furan rings is 1. The quantitative estimate of drug-likeness (QED) is 0.167. The lowest BCUT2D eigenvalue weighted by molar-refractivity contribution is 0.669. The van der Waals surface area contributed by atoms with Crippen molar-refractivity contribution in [2.75, 3.05) is 4.90 Å². The summed E-state index contributed by atoms with van der Waals surface area (Å²) in [6.45, 7) is 0. The third-order valence-corrected chi connectivity index (χ3v) is 11.8. The van der Waals surface area contributed by atoms with Crippen LogP contribution < -0.4 is 4.90 Å². The summed E-state index contributed by atoms with van der Waals surface area (Å²) < 4.78 is 9.03. The first-order valence-electron chi connectivity index (χ1n) is 18.0. The topological polar surface area (TPSA) is 16.4 Å². The molecule has 11 rings (SSSR count). The molecular formula is C50H31NOS. The van der Waals surface area contributed by atoms with Crippen LogP contribution in [0, 0.1) is 0 Å². The number of para-hydroxylation sites is 1. The first-order valence-corrected chi connectivity index (χ1v) is 18.8. The first kappa shape index (κ1) is 30.0. The molecule has 0 radical (unpaired) electrons. The van der Waals surface area contributed by atoms with Gasteiger partial charge in [-0.05, 0) is 104 Å². The highest BCUT2D eigenvalue weighted by Crippen LogP contribution is 2.46. The first-order chi connectivity index (χ1) is 26.3. The van der Waals surface area contributed by atoms with Crippen LogP contribution in [0.2, 0.25) is 0 Å². The average Bonchev–Trinajstić information content (AvgIpc) is 3.80. The van der Waals surface area contributed by atoms with E-state index in [1.165, 1.54) is 64.0 Å². The van der Waals surface area contributed by atoms with Gasteiger partial charge in [0.1, 0.15) is 11.2 Å². The molecule has 2 nitrogen and oxygen atoms in total. The Balaban J connectivity index is 1.12. The van der Waals surface area contributed by atoms with Crippen LogP contribution in [0.25, 0.3) is 85.9 Å². The van der Waals surface area contributed by atoms with E-state index in [1.807, 2.05) is 17.4 Å². The fraction of sp³-hybridized carbons (Fsp3) is 0. The van der Waals surface area contributed by atoms with E-state index in [-0.39, 0.29) is 0 Å². The maximum Gasteiger partial charge on any atom is 0.137 e. The maximum atomic E-state index is 6.42. The molecule has 0 amide bonds. The van der Waals surface area contributed by atoms with Crippen LogP contribution in [0.3, 0.4) is 0 Å². The minimum atomic E-state index is 0.874. The van der Waals surface area contributed by atoms with Gasteiger partial charge in [-0.15, -0.1) is 11.3 Å². The summed E-state index contributed by atoms with van der Waals surface area (Å²) in [4.78, 5) is 2.39. The molecule has 248 valence electrons. The average molecular weight is 694 g/mol. The van der Waals surface area contributed by atoms with Crippen molar-refractivity contribution in [2.45, 2.75) is 0 Å². The smallest absolute Gasteiger partial charge is 0.137 e. The maximum absolute atomic E-state index is 6.42. The second-order valence-electron chi connectivity index (χ2n) is 13.6. The number of hydrogen-bond donors (Lipinski definition) is 0. The predicted octanol–water partition coefficient (Wildman–Crippen LogP) is 15.1. The highest BCUT2D eigenvalue weighted by atomic mass is 32.1. The molecule has 0 aliphatic heterocycles. The van der Waals surface area contributed by atoms with Gasteiger partial charge in [-0.1, -0.05) is 127 Å². The van der Waals surface area contributed by atoms with Crippen molar-refractivity contribution in [2.24, 2.45) is 0 Å². The van der Waals surface area contributed by atoms with Gasteiger partial charge in [0.15, 0.2) is 0 Å². The lowest BCUT2D eigenvalue weighted by atomic mass is 9.93. The van der Waals surface area contributed by atoms with Crippen LogP contribution in [-0.4, -0.2) is 0 Å². The molecule has 0 saturated carbocycles. The minimum absolute atomic E-state index is 0.874. The third-order valence-electron chi connectivity index (χ3n) is 10.6. The molecule has 0 unspecified atom stereocenters. The number of anilines is 3. The Morgan fingerprint density at radius 1 is 0.377 bits per heavy atom. The highest BCUT2D eigenvalue weighted by Gasteiger charge is 2.21. The number of fused-ring (bicyclic) bond motifs is 9. The van der Waals surface area contributed by atoms with Crippen molar-refractivity contribution in [1.82, 2.24) is 0 Å². The number of benzene rings is 9. The zero-order chi connectivity index (χ0) is 34.9. The van der Waals surface area contributed by atoms with Crippen molar-refractivity contribution in [1.29, 1.82) is 0 Å². The molecule has 0 spiro atoms. The second-order valence-corrected chi connectivity index (χ2v) is 14.7. The predicted molar refractivity (Wildman–Crippen MR) is 227 cm³/mol. The zero-order valence-corrected chi connectivity index (χ0v) is 29.5. The van der Waals surface area contributed by atoms with Crippen LogP contribution in [-0.2, 0) is 0 Å². The number of hydrogen-bond acceptors (Lipinski definition) is 3. The summed E-state index contributed by atoms with van der Waals surface area (Å²) in [6, 6.07) is 68.0. The van der Waals surface area contributed by atoms with E-state index in [9.17, 15) is 0 Å². The van der Waals surface area contributed by atoms with Crippen molar-refractivity contribution in [3.05, 3.63) is 188 Å². The summed E-state index contributed by atoms with van der Waals surface area (Å²) in [5.74, 6) is 0. The van der Waals surface area contributed by atoms with Gasteiger partial charge in [-0.3, -0.25) is 0 Å². The fourth-order valence-corrected chi connectivity index (χ4v) is 9.41. The Morgan fingerprint density at radius 3 is 1.94 bits per heavy atom. The number of rotatable bonds is 5. The second kappa shape index (κ2) is 11.9. The Kier molecular flexibility index (Phi) is 6.76. The van der Waals surface area contributed by atoms with Crippen LogP contribution in [0.1, 0.15) is 0 Å². The number of nitrogens with zero attached hydrogens (tertiary/aromatic N) is 1. The molecule has 0 fully saturated rings. The Labute approximate surface area is 310 Å². The Hall–Kier alpha value is -6.68. The minimum Gasteiger partial charge on any atom is -0.456 e. The lowest BCUT2D eigenvalue weighted by Crippen LogP contribution is -2.10. The Bertz CT molecular complexity index is 3190. The van der Waals surface area contributed by atoms with Crippen LogP contribution in [0.4, 0.5) is 17.1 Å². The van der Waals surface area contributed by atoms with E-state index in [4.69, 9.17) is 4.42 Å². The molecule has 0 atom stereocenters. The summed E-state index contributed by atoms with van der Waals surface area (Å²) in [7, 11) is 0. The van der Waals surface area contributed by atoms with E-state index < -0.39 is 0 Å². The monoisotopic (exact) mass is 693 g/mol. The van der Waals surface area contributed by atoms with E-state index in [0.29, 0.717) is 0 Å². The molecule has 0 N–H and O–H groups in total. The van der Waals surface area contributed by atoms with Crippen molar-refractivity contribution >= 4 is 92.1 Å². The van der Waals surface area contributed by atoms with Gasteiger partial charge in [-0.25, -0.2) is 0 Å². The zero-order valence-electron chi connectivity index (χ0n) is 28.7. The molecule has 0 aliphatic rings. The molecule has 0 saturated heterocycles. The van der Waals surface area contributed by atoms with Crippen molar-refractivity contribution in [3.63, 3.8) is 0 Å². The van der Waals surface area contributed by atoms with Crippen molar-refractivity contribution < 1.29 is 4.42 Å². The highest BCUT2D eigenvalue weighted by molar-refractivity contribution is 7.25. The summed E-state index contributed by atoms with van der Waals surface area (Å²) in [5, 5.41) is 9.88. The lowest BCUT2D eigenvalue weighted by Gasteiger charge is -2.27. The van der Waals surface area contributed by atoms with Gasteiger partial charge in [-0.2, -0.15) is 0 Å². The van der Waals surface area contributed by atoms with E-state index >= 15 is 0 Å². The van der Waals surface area contributed by atoms with Crippen LogP contribution >= 0.6 is 11.3 Å². The van der Waals surface area contributed by atoms with E-state index in [1.54, 1.807) is 0 Å². The molecule has 53 heavy (non-hydrogen) atoms. The molecule has 11 aromatic rings. The summed E-state index contributed by atoms with van der Waals surface area (Å²) >= 11 is 1.86. The third kappa shape index (κ3) is 4.78. The van der Waals surface area contributed by atoms with Crippen LogP contribution in [0.15, 0.2) is 192 Å². The normalized spacial score (nSPS) is 11.8. The molecular weight excluding hydrogens is 663 g/mol. The summed E-state index contributed by atoms with van der Waals surface area (Å²) in [6.07, 6.45) is 0. The van der Waals surface area contributed by atoms with E-state index in [2.05, 4.69) is 187 Å². The van der Waals surface area contributed by atoms with Gasteiger partial charge in [0.2, 0.25) is 0 Å². The standard InChI is InChI=1S/C50H31NOS/c1-2-15-37-34(12-1)31-43(40-17-4-3-16-39(37)40)32-26-28-35(29-27-32)51(44-21-11-23-46-50(44)41-18-5-7-22-45(41)52-46)36-14-9-13-33(30-36)38-20-10-25-48-49(38)42-19-6-8-24-47(42)53-48/h1-31H. The van der Waals surface area contributed by atoms with Gasteiger partial charge < -0.3 is 9.32 Å². The van der Waals surface area contributed by atoms with E-state index in [0.717, 1.165) is 39.0 Å². The molecule has 2 aromatic heterocycles. The molecule has 3 heteroatoms. The largest absolute Gasteiger partial charge is 0.456 e. The van der Waals surface area contributed by atoms with Crippen molar-refractivity contribution in [3.8, 4) is 22.3 Å². The SMILES string of the molecule is c1cc(-c2cccc3sc4ccccc4c23)cc(N(c2ccc(-c3cc4ccccc4c4ccccc34)cc2)c2cccc3oc4ccccc4c23)c1. The fourth-order valence-electron chi connectivity index (χ4n) is 8.28. The summed E-state index contributed by atoms with van der Waals surface area (Å²) in [5.41, 5.74) is 9.85. The van der Waals surface area contributed by atoms with Gasteiger partial charge in [0.25, 0.3) is 0 Å².